The van der Waals surface area contributed by atoms with Crippen LogP contribution in [0.2, 0.25) is 0 Å². The number of anilines is 1. The number of hydrogen-bond donors (Lipinski definition) is 1. The van der Waals surface area contributed by atoms with Crippen LogP contribution in [0, 0.1) is 5.82 Å². The Bertz CT molecular complexity index is 686. The van der Waals surface area contributed by atoms with Gasteiger partial charge in [0.2, 0.25) is 0 Å². The maximum absolute atomic E-state index is 13.7. The van der Waals surface area contributed by atoms with E-state index in [2.05, 4.69) is 15.3 Å². The van der Waals surface area contributed by atoms with Crippen LogP contribution in [0.5, 0.6) is 6.01 Å². The zero-order valence-corrected chi connectivity index (χ0v) is 11.8. The van der Waals surface area contributed by atoms with Crippen LogP contribution in [-0.4, -0.2) is 9.97 Å². The highest BCUT2D eigenvalue weighted by molar-refractivity contribution is 7.09. The number of halogens is 1. The second kappa shape index (κ2) is 6.36. The van der Waals surface area contributed by atoms with Gasteiger partial charge in [0.25, 0.3) is 0 Å². The number of ether oxygens (including phenoxy) is 1. The van der Waals surface area contributed by atoms with Crippen LogP contribution in [0.1, 0.15) is 10.6 Å². The normalized spacial score (nSPS) is 10.5. The van der Waals surface area contributed by atoms with Crippen LogP contribution < -0.4 is 10.1 Å². The van der Waals surface area contributed by atoms with Crippen LogP contribution in [0.4, 0.5) is 10.2 Å². The van der Waals surface area contributed by atoms with Crippen molar-refractivity contribution in [3.05, 3.63) is 58.6 Å². The minimum Gasteiger partial charge on any atom is -0.466 e. The second-order valence-electron chi connectivity index (χ2n) is 4.15. The number of nitrogens with zero attached hydrogens (tertiary/aromatic N) is 2. The van der Waals surface area contributed by atoms with Gasteiger partial charge >= 0.3 is 6.01 Å². The Morgan fingerprint density at radius 1 is 1.33 bits per heavy atom. The number of rotatable bonds is 6. The zero-order chi connectivity index (χ0) is 14.5. The first-order valence-electron chi connectivity index (χ1n) is 6.25. The van der Waals surface area contributed by atoms with Gasteiger partial charge in [-0.05, 0) is 23.6 Å². The summed E-state index contributed by atoms with van der Waals surface area (Å²) in [6.07, 6.45) is 2.64. The molecule has 7 heteroatoms. The lowest BCUT2D eigenvalue weighted by Crippen LogP contribution is -2.06. The van der Waals surface area contributed by atoms with E-state index in [-0.39, 0.29) is 18.4 Å². The van der Waals surface area contributed by atoms with Crippen molar-refractivity contribution in [1.29, 1.82) is 0 Å². The molecule has 3 aromatic rings. The van der Waals surface area contributed by atoms with Crippen molar-refractivity contribution >= 4 is 17.2 Å². The molecule has 0 aromatic carbocycles. The molecule has 0 saturated heterocycles. The molecule has 0 amide bonds. The number of nitrogens with one attached hydrogen (secondary N) is 1. The van der Waals surface area contributed by atoms with E-state index >= 15 is 0 Å². The molecule has 0 aliphatic heterocycles. The summed E-state index contributed by atoms with van der Waals surface area (Å²) >= 11 is 1.59. The Labute approximate surface area is 124 Å². The molecule has 0 fully saturated rings. The quantitative estimate of drug-likeness (QED) is 0.755. The van der Waals surface area contributed by atoms with Crippen LogP contribution in [0.25, 0.3) is 0 Å². The van der Waals surface area contributed by atoms with E-state index in [1.807, 2.05) is 17.5 Å². The molecule has 1 N–H and O–H groups in total. The number of hydrogen-bond acceptors (Lipinski definition) is 6. The summed E-state index contributed by atoms with van der Waals surface area (Å²) in [5.41, 5.74) is 0. The average Bonchev–Trinajstić information content (AvgIpc) is 3.18. The van der Waals surface area contributed by atoms with Crippen molar-refractivity contribution in [2.75, 3.05) is 5.32 Å². The highest BCUT2D eigenvalue weighted by Crippen LogP contribution is 2.17. The van der Waals surface area contributed by atoms with Crippen LogP contribution in [0.15, 0.2) is 46.5 Å². The van der Waals surface area contributed by atoms with E-state index in [9.17, 15) is 4.39 Å². The molecule has 3 rings (SSSR count). The summed E-state index contributed by atoms with van der Waals surface area (Å²) in [5.74, 6) is 0.251. The number of thiophene rings is 1. The maximum atomic E-state index is 13.7. The lowest BCUT2D eigenvalue weighted by molar-refractivity contribution is 0.249. The Kier molecular flexibility index (Phi) is 4.11. The summed E-state index contributed by atoms with van der Waals surface area (Å²) in [7, 11) is 0. The van der Waals surface area contributed by atoms with Crippen molar-refractivity contribution in [1.82, 2.24) is 9.97 Å². The van der Waals surface area contributed by atoms with Gasteiger partial charge in [-0.15, -0.1) is 11.3 Å². The predicted octanol–water partition coefficient (Wildman–Crippen LogP) is 3.46. The first-order valence-corrected chi connectivity index (χ1v) is 7.13. The van der Waals surface area contributed by atoms with E-state index in [0.717, 1.165) is 11.1 Å². The third-order valence-electron chi connectivity index (χ3n) is 2.66. The van der Waals surface area contributed by atoms with Gasteiger partial charge in [-0.25, -0.2) is 9.37 Å². The summed E-state index contributed by atoms with van der Waals surface area (Å²) in [5, 5.41) is 4.89. The van der Waals surface area contributed by atoms with Gasteiger partial charge in [0.05, 0.1) is 19.0 Å². The second-order valence-corrected chi connectivity index (χ2v) is 5.18. The maximum Gasteiger partial charge on any atom is 0.318 e. The van der Waals surface area contributed by atoms with Gasteiger partial charge in [0.1, 0.15) is 12.4 Å². The molecule has 21 heavy (non-hydrogen) atoms. The van der Waals surface area contributed by atoms with E-state index in [1.54, 1.807) is 29.7 Å². The number of furan rings is 1. The van der Waals surface area contributed by atoms with Gasteiger partial charge in [0, 0.05) is 4.88 Å². The Balaban J connectivity index is 1.64. The molecular weight excluding hydrogens is 293 g/mol. The van der Waals surface area contributed by atoms with Crippen molar-refractivity contribution < 1.29 is 13.5 Å². The van der Waals surface area contributed by atoms with Gasteiger partial charge in [-0.1, -0.05) is 6.07 Å². The molecular formula is C14H12FN3O2S. The molecule has 0 aliphatic rings. The highest BCUT2D eigenvalue weighted by atomic mass is 32.1. The number of aromatic nitrogens is 2. The van der Waals surface area contributed by atoms with E-state index < -0.39 is 5.82 Å². The first-order chi connectivity index (χ1) is 10.3. The Hall–Kier alpha value is -2.41. The molecule has 0 saturated carbocycles. The van der Waals surface area contributed by atoms with Crippen molar-refractivity contribution in [2.24, 2.45) is 0 Å². The highest BCUT2D eigenvalue weighted by Gasteiger charge is 2.08. The van der Waals surface area contributed by atoms with Crippen LogP contribution in [-0.2, 0) is 13.2 Å². The monoisotopic (exact) mass is 305 g/mol. The summed E-state index contributed by atoms with van der Waals surface area (Å²) in [4.78, 5) is 8.90. The largest absolute Gasteiger partial charge is 0.466 e. The molecule has 108 valence electrons. The van der Waals surface area contributed by atoms with Crippen LogP contribution >= 0.6 is 11.3 Å². The van der Waals surface area contributed by atoms with Gasteiger partial charge < -0.3 is 14.5 Å². The topological polar surface area (TPSA) is 60.2 Å². The zero-order valence-electron chi connectivity index (χ0n) is 11.0. The molecule has 3 aromatic heterocycles. The first kappa shape index (κ1) is 13.6. The molecule has 3 heterocycles. The third-order valence-corrected chi connectivity index (χ3v) is 3.53. The van der Waals surface area contributed by atoms with Crippen molar-refractivity contribution in [2.45, 2.75) is 13.2 Å². The Morgan fingerprint density at radius 3 is 3.05 bits per heavy atom. The lowest BCUT2D eigenvalue weighted by atomic mass is 10.4. The smallest absolute Gasteiger partial charge is 0.318 e. The summed E-state index contributed by atoms with van der Waals surface area (Å²) < 4.78 is 24.2. The molecule has 5 nitrogen and oxygen atoms in total. The fourth-order valence-electron chi connectivity index (χ4n) is 1.66. The molecule has 0 aliphatic carbocycles. The minimum absolute atomic E-state index is 0.0986. The molecule has 0 radical (unpaired) electrons. The van der Waals surface area contributed by atoms with Gasteiger partial charge in [-0.3, -0.25) is 0 Å². The summed E-state index contributed by atoms with van der Waals surface area (Å²) in [6.45, 7) is 0.701. The summed E-state index contributed by atoms with van der Waals surface area (Å²) in [6, 6.07) is 7.54. The van der Waals surface area contributed by atoms with E-state index in [0.29, 0.717) is 12.3 Å². The Morgan fingerprint density at radius 2 is 2.29 bits per heavy atom. The minimum atomic E-state index is -0.517. The van der Waals surface area contributed by atoms with Crippen molar-refractivity contribution in [3.63, 3.8) is 0 Å². The molecule has 0 bridgehead atoms. The SMILES string of the molecule is Fc1cnc(OCc2ccco2)nc1NCc1cccs1. The fraction of sp³-hybridized carbons (Fsp3) is 0.143. The third kappa shape index (κ3) is 3.57. The predicted molar refractivity (Wildman–Crippen MR) is 76.7 cm³/mol. The van der Waals surface area contributed by atoms with E-state index in [1.165, 1.54) is 0 Å². The molecule has 0 atom stereocenters. The van der Waals surface area contributed by atoms with Gasteiger partial charge in [-0.2, -0.15) is 4.98 Å². The standard InChI is InChI=1S/C14H12FN3O2S/c15-12-8-17-14(20-9-10-3-1-5-19-10)18-13(12)16-7-11-4-2-6-21-11/h1-6,8H,7,9H2,(H,16,17,18). The molecule has 0 unspecified atom stereocenters. The van der Waals surface area contributed by atoms with Gasteiger partial charge in [0.15, 0.2) is 11.6 Å². The average molecular weight is 305 g/mol. The van der Waals surface area contributed by atoms with Crippen molar-refractivity contribution in [3.8, 4) is 6.01 Å². The van der Waals surface area contributed by atoms with Crippen LogP contribution in [0.3, 0.4) is 0 Å². The molecule has 0 spiro atoms. The fourth-order valence-corrected chi connectivity index (χ4v) is 2.30. The van der Waals surface area contributed by atoms with E-state index in [4.69, 9.17) is 9.15 Å². The lowest BCUT2D eigenvalue weighted by Gasteiger charge is -2.07.